The molecule has 0 aliphatic rings. The number of halogens is 1. The summed E-state index contributed by atoms with van der Waals surface area (Å²) < 4.78 is 2.66. The molecular formula is C20H15BrN2O3. The molecule has 0 radical (unpaired) electrons. The van der Waals surface area contributed by atoms with Gasteiger partial charge in [-0.05, 0) is 48.9 Å². The second kappa shape index (κ2) is 6.07. The molecule has 0 unspecified atom stereocenters. The highest BCUT2D eigenvalue weighted by molar-refractivity contribution is 9.10. The number of aromatic nitrogens is 2. The van der Waals surface area contributed by atoms with Gasteiger partial charge >= 0.3 is 0 Å². The molecule has 0 saturated heterocycles. The fourth-order valence-corrected chi connectivity index (χ4v) is 3.37. The van der Waals surface area contributed by atoms with Crippen molar-refractivity contribution in [1.29, 1.82) is 0 Å². The molecule has 4 rings (SSSR count). The molecule has 4 aromatic rings. The molecule has 0 atom stereocenters. The van der Waals surface area contributed by atoms with E-state index in [-0.39, 0.29) is 17.2 Å². The molecule has 130 valence electrons. The number of aromatic hydroxyl groups is 3. The third-order valence-electron chi connectivity index (χ3n) is 4.30. The summed E-state index contributed by atoms with van der Waals surface area (Å²) in [7, 11) is 0. The minimum atomic E-state index is -0.0596. The van der Waals surface area contributed by atoms with E-state index >= 15 is 0 Å². The molecule has 0 bridgehead atoms. The van der Waals surface area contributed by atoms with E-state index in [2.05, 4.69) is 15.9 Å². The van der Waals surface area contributed by atoms with E-state index in [1.807, 2.05) is 25.1 Å². The lowest BCUT2D eigenvalue weighted by Crippen LogP contribution is -1.99. The number of rotatable bonds is 2. The third kappa shape index (κ3) is 2.68. The van der Waals surface area contributed by atoms with Crippen molar-refractivity contribution >= 4 is 26.8 Å². The average Bonchev–Trinajstić information content (AvgIpc) is 2.95. The van der Waals surface area contributed by atoms with Crippen molar-refractivity contribution in [3.8, 4) is 34.2 Å². The molecule has 0 amide bonds. The zero-order valence-corrected chi connectivity index (χ0v) is 15.4. The smallest absolute Gasteiger partial charge is 0.128 e. The Bertz CT molecular complexity index is 1150. The van der Waals surface area contributed by atoms with Gasteiger partial charge in [0.05, 0.1) is 11.2 Å². The first-order valence-electron chi connectivity index (χ1n) is 7.94. The Morgan fingerprint density at radius 2 is 1.62 bits per heavy atom. The minimum Gasteiger partial charge on any atom is -0.508 e. The van der Waals surface area contributed by atoms with Crippen LogP contribution in [0.5, 0.6) is 17.2 Å². The van der Waals surface area contributed by atoms with Crippen molar-refractivity contribution in [3.63, 3.8) is 0 Å². The van der Waals surface area contributed by atoms with E-state index in [9.17, 15) is 15.3 Å². The normalized spacial score (nSPS) is 11.2. The number of phenols is 3. The van der Waals surface area contributed by atoms with Gasteiger partial charge in [0.25, 0.3) is 0 Å². The molecule has 3 N–H and O–H groups in total. The molecule has 5 nitrogen and oxygen atoms in total. The molecule has 26 heavy (non-hydrogen) atoms. The minimum absolute atomic E-state index is 0.0181. The SMILES string of the molecule is Cc1ccc(Br)cc1-n1nc(-c2ccc(O)cc2O)c2ccc(O)cc21. The third-order valence-corrected chi connectivity index (χ3v) is 4.79. The number of phenolic OH excluding ortho intramolecular Hbond substituents is 3. The van der Waals surface area contributed by atoms with Crippen LogP contribution in [0.3, 0.4) is 0 Å². The number of hydrogen-bond donors (Lipinski definition) is 3. The Balaban J connectivity index is 2.06. The van der Waals surface area contributed by atoms with E-state index in [1.165, 1.54) is 12.1 Å². The molecule has 1 aromatic heterocycles. The second-order valence-corrected chi connectivity index (χ2v) is 7.01. The van der Waals surface area contributed by atoms with Gasteiger partial charge in [0.15, 0.2) is 0 Å². The Hall–Kier alpha value is -2.99. The molecule has 0 spiro atoms. The number of aryl methyl sites for hydroxylation is 1. The summed E-state index contributed by atoms with van der Waals surface area (Å²) >= 11 is 3.49. The van der Waals surface area contributed by atoms with Crippen molar-refractivity contribution in [2.75, 3.05) is 0 Å². The highest BCUT2D eigenvalue weighted by Gasteiger charge is 2.18. The monoisotopic (exact) mass is 410 g/mol. The van der Waals surface area contributed by atoms with Gasteiger partial charge < -0.3 is 15.3 Å². The molecule has 6 heteroatoms. The zero-order valence-electron chi connectivity index (χ0n) is 13.8. The Kier molecular flexibility index (Phi) is 3.85. The second-order valence-electron chi connectivity index (χ2n) is 6.09. The summed E-state index contributed by atoms with van der Waals surface area (Å²) in [6, 6.07) is 15.3. The lowest BCUT2D eigenvalue weighted by atomic mass is 10.1. The maximum atomic E-state index is 10.3. The van der Waals surface area contributed by atoms with Gasteiger partial charge in [-0.1, -0.05) is 22.0 Å². The van der Waals surface area contributed by atoms with Gasteiger partial charge in [-0.3, -0.25) is 0 Å². The van der Waals surface area contributed by atoms with Crippen LogP contribution in [0.15, 0.2) is 59.1 Å². The first-order chi connectivity index (χ1) is 12.4. The summed E-state index contributed by atoms with van der Waals surface area (Å²) in [4.78, 5) is 0. The van der Waals surface area contributed by atoms with Gasteiger partial charge in [-0.25, -0.2) is 4.68 Å². The lowest BCUT2D eigenvalue weighted by molar-refractivity contribution is 0.451. The average molecular weight is 411 g/mol. The Morgan fingerprint density at radius 1 is 0.885 bits per heavy atom. The van der Waals surface area contributed by atoms with Gasteiger partial charge in [-0.15, -0.1) is 0 Å². The predicted molar refractivity (Wildman–Crippen MR) is 104 cm³/mol. The van der Waals surface area contributed by atoms with Crippen LogP contribution in [-0.4, -0.2) is 25.1 Å². The first kappa shape index (κ1) is 16.5. The number of fused-ring (bicyclic) bond motifs is 1. The fraction of sp³-hybridized carbons (Fsp3) is 0.0500. The number of nitrogens with zero attached hydrogens (tertiary/aromatic N) is 2. The molecule has 0 aliphatic heterocycles. The van der Waals surface area contributed by atoms with Gasteiger partial charge in [-0.2, -0.15) is 5.10 Å². The topological polar surface area (TPSA) is 78.5 Å². The quantitative estimate of drug-likeness (QED) is 0.439. The van der Waals surface area contributed by atoms with E-state index in [0.717, 1.165) is 21.1 Å². The Labute approximate surface area is 157 Å². The van der Waals surface area contributed by atoms with E-state index in [1.54, 1.807) is 28.9 Å². The molecule has 0 fully saturated rings. The van der Waals surface area contributed by atoms with Crippen molar-refractivity contribution in [2.45, 2.75) is 6.92 Å². The largest absolute Gasteiger partial charge is 0.508 e. The molecule has 0 aliphatic carbocycles. The van der Waals surface area contributed by atoms with Crippen molar-refractivity contribution in [2.24, 2.45) is 0 Å². The Morgan fingerprint density at radius 3 is 2.38 bits per heavy atom. The van der Waals surface area contributed by atoms with Crippen LogP contribution in [0.2, 0.25) is 0 Å². The standard InChI is InChI=1S/C20H15BrN2O3/c1-11-2-3-12(21)8-17(11)23-18-9-13(24)4-6-15(18)20(22-23)16-7-5-14(25)10-19(16)26/h2-10,24-26H,1H3. The van der Waals surface area contributed by atoms with Crippen LogP contribution in [0.1, 0.15) is 5.56 Å². The summed E-state index contributed by atoms with van der Waals surface area (Å²) in [5.41, 5.74) is 3.66. The van der Waals surface area contributed by atoms with Crippen LogP contribution in [0.4, 0.5) is 0 Å². The highest BCUT2D eigenvalue weighted by atomic mass is 79.9. The fourth-order valence-electron chi connectivity index (χ4n) is 3.02. The number of benzene rings is 3. The van der Waals surface area contributed by atoms with E-state index < -0.39 is 0 Å². The lowest BCUT2D eigenvalue weighted by Gasteiger charge is -2.08. The van der Waals surface area contributed by atoms with Crippen molar-refractivity contribution in [1.82, 2.24) is 9.78 Å². The summed E-state index contributed by atoms with van der Waals surface area (Å²) in [5.74, 6) is 0.0545. The van der Waals surface area contributed by atoms with Crippen LogP contribution in [0.25, 0.3) is 27.8 Å². The van der Waals surface area contributed by atoms with Gasteiger partial charge in [0.2, 0.25) is 0 Å². The van der Waals surface area contributed by atoms with Crippen molar-refractivity contribution in [3.05, 3.63) is 64.6 Å². The number of hydrogen-bond acceptors (Lipinski definition) is 4. The molecule has 0 saturated carbocycles. The molecule has 1 heterocycles. The zero-order chi connectivity index (χ0) is 18.4. The highest BCUT2D eigenvalue weighted by Crippen LogP contribution is 2.38. The van der Waals surface area contributed by atoms with Crippen molar-refractivity contribution < 1.29 is 15.3 Å². The van der Waals surface area contributed by atoms with Crippen LogP contribution in [-0.2, 0) is 0 Å². The summed E-state index contributed by atoms with van der Waals surface area (Å²) in [5, 5.41) is 35.3. The molecule has 3 aromatic carbocycles. The summed E-state index contributed by atoms with van der Waals surface area (Å²) in [6.45, 7) is 1.98. The van der Waals surface area contributed by atoms with Crippen LogP contribution in [0, 0.1) is 6.92 Å². The predicted octanol–water partition coefficient (Wildman–Crippen LogP) is 4.88. The maximum absolute atomic E-state index is 10.3. The van der Waals surface area contributed by atoms with E-state index in [4.69, 9.17) is 5.10 Å². The van der Waals surface area contributed by atoms with E-state index in [0.29, 0.717) is 16.8 Å². The first-order valence-corrected chi connectivity index (χ1v) is 8.74. The van der Waals surface area contributed by atoms with Gasteiger partial charge in [0.1, 0.15) is 22.9 Å². The van der Waals surface area contributed by atoms with Crippen LogP contribution >= 0.6 is 15.9 Å². The molecular weight excluding hydrogens is 396 g/mol. The maximum Gasteiger partial charge on any atom is 0.128 e. The summed E-state index contributed by atoms with van der Waals surface area (Å²) in [6.07, 6.45) is 0. The van der Waals surface area contributed by atoms with Gasteiger partial charge in [0, 0.05) is 27.6 Å². The van der Waals surface area contributed by atoms with Crippen LogP contribution < -0.4 is 0 Å².